The van der Waals surface area contributed by atoms with Crippen LogP contribution in [0.5, 0.6) is 0 Å². The summed E-state index contributed by atoms with van der Waals surface area (Å²) in [7, 11) is 0. The summed E-state index contributed by atoms with van der Waals surface area (Å²) in [6.07, 6.45) is -4.05. The zero-order valence-electron chi connectivity index (χ0n) is 7.26. The molecule has 1 aromatic heterocycles. The lowest BCUT2D eigenvalue weighted by molar-refractivity contribution is -0.104. The number of furan rings is 1. The second-order valence-electron chi connectivity index (χ2n) is 2.62. The van der Waals surface area contributed by atoms with Gasteiger partial charge in [0.05, 0.1) is 0 Å². The maximum atomic E-state index is 12.3. The van der Waals surface area contributed by atoms with Crippen LogP contribution in [0.25, 0.3) is 5.57 Å². The van der Waals surface area contributed by atoms with Gasteiger partial charge in [0.1, 0.15) is 23.4 Å². The van der Waals surface area contributed by atoms with Crippen molar-refractivity contribution in [1.82, 2.24) is 0 Å². The molecule has 0 amide bonds. The Balaban J connectivity index is 3.14. The van der Waals surface area contributed by atoms with Crippen molar-refractivity contribution in [2.45, 2.75) is 13.1 Å². The summed E-state index contributed by atoms with van der Waals surface area (Å²) in [4.78, 5) is 10.0. The standard InChI is InChI=1S/C9H7F3O2/c1-6-2-3-8(14-6)7(4-5-13)9(10,11)12/h2-5H,1H3/b7-4-. The third-order valence-electron chi connectivity index (χ3n) is 1.55. The molecule has 76 valence electrons. The molecule has 0 N–H and O–H groups in total. The quantitative estimate of drug-likeness (QED) is 0.547. The van der Waals surface area contributed by atoms with Crippen LogP contribution in [0.2, 0.25) is 0 Å². The van der Waals surface area contributed by atoms with Gasteiger partial charge in [-0.15, -0.1) is 0 Å². The predicted octanol–water partition coefficient (Wildman–Crippen LogP) is 2.73. The van der Waals surface area contributed by atoms with Gasteiger partial charge in [0, 0.05) is 0 Å². The molecule has 0 spiro atoms. The van der Waals surface area contributed by atoms with Gasteiger partial charge in [-0.05, 0) is 25.1 Å². The zero-order chi connectivity index (χ0) is 10.8. The van der Waals surface area contributed by atoms with Crippen LogP contribution in [0.4, 0.5) is 13.2 Å². The number of halogens is 3. The van der Waals surface area contributed by atoms with E-state index in [0.29, 0.717) is 11.8 Å². The number of hydrogen-bond acceptors (Lipinski definition) is 2. The van der Waals surface area contributed by atoms with Crippen molar-refractivity contribution >= 4 is 11.9 Å². The molecule has 0 fully saturated rings. The maximum Gasteiger partial charge on any atom is 0.420 e. The molecule has 0 aromatic carbocycles. The van der Waals surface area contributed by atoms with Gasteiger partial charge in [-0.3, -0.25) is 4.79 Å². The summed E-state index contributed by atoms with van der Waals surface area (Å²) in [5, 5.41) is 0. The lowest BCUT2D eigenvalue weighted by Gasteiger charge is -2.07. The normalized spacial score (nSPS) is 13.0. The number of alkyl halides is 3. The average Bonchev–Trinajstić information content (AvgIpc) is 2.45. The van der Waals surface area contributed by atoms with Crippen LogP contribution in [0, 0.1) is 6.92 Å². The van der Waals surface area contributed by atoms with Crippen LogP contribution >= 0.6 is 0 Å². The van der Waals surface area contributed by atoms with Crippen molar-refractivity contribution in [2.75, 3.05) is 0 Å². The summed E-state index contributed by atoms with van der Waals surface area (Å²) < 4.78 is 41.7. The Morgan fingerprint density at radius 2 is 2.07 bits per heavy atom. The third kappa shape index (κ3) is 2.25. The summed E-state index contributed by atoms with van der Waals surface area (Å²) in [5.74, 6) is 0.0168. The first-order valence-electron chi connectivity index (χ1n) is 3.74. The predicted molar refractivity (Wildman–Crippen MR) is 43.5 cm³/mol. The van der Waals surface area contributed by atoms with Crippen LogP contribution in [-0.2, 0) is 4.79 Å². The minimum absolute atomic E-state index is 0.0840. The first-order valence-corrected chi connectivity index (χ1v) is 3.74. The van der Waals surface area contributed by atoms with Crippen molar-refractivity contribution in [3.05, 3.63) is 29.7 Å². The molecular formula is C9H7F3O2. The van der Waals surface area contributed by atoms with E-state index >= 15 is 0 Å². The van der Waals surface area contributed by atoms with E-state index in [4.69, 9.17) is 4.42 Å². The van der Waals surface area contributed by atoms with Crippen LogP contribution in [-0.4, -0.2) is 12.5 Å². The molecule has 0 unspecified atom stereocenters. The molecule has 0 saturated carbocycles. The lowest BCUT2D eigenvalue weighted by Crippen LogP contribution is -2.10. The molecule has 2 nitrogen and oxygen atoms in total. The molecule has 0 aliphatic rings. The largest absolute Gasteiger partial charge is 0.461 e. The fourth-order valence-electron chi connectivity index (χ4n) is 0.964. The smallest absolute Gasteiger partial charge is 0.420 e. The molecule has 0 bridgehead atoms. The monoisotopic (exact) mass is 204 g/mol. The number of rotatable bonds is 2. The van der Waals surface area contributed by atoms with Crippen LogP contribution < -0.4 is 0 Å². The lowest BCUT2D eigenvalue weighted by atomic mass is 10.2. The fraction of sp³-hybridized carbons (Fsp3) is 0.222. The van der Waals surface area contributed by atoms with Gasteiger partial charge in [0.15, 0.2) is 0 Å². The second kappa shape index (κ2) is 3.69. The third-order valence-corrected chi connectivity index (χ3v) is 1.55. The molecule has 1 rings (SSSR count). The Labute approximate surface area is 78.0 Å². The van der Waals surface area contributed by atoms with E-state index < -0.39 is 11.7 Å². The summed E-state index contributed by atoms with van der Waals surface area (Å²) >= 11 is 0. The number of hydrogen-bond donors (Lipinski definition) is 0. The SMILES string of the molecule is Cc1ccc(/C(=C/C=O)C(F)(F)F)o1. The van der Waals surface area contributed by atoms with E-state index in [-0.39, 0.29) is 12.0 Å². The van der Waals surface area contributed by atoms with E-state index in [0.717, 1.165) is 0 Å². The van der Waals surface area contributed by atoms with Gasteiger partial charge >= 0.3 is 6.18 Å². The Hall–Kier alpha value is -1.52. The fourth-order valence-corrected chi connectivity index (χ4v) is 0.964. The van der Waals surface area contributed by atoms with Gasteiger partial charge in [-0.2, -0.15) is 13.2 Å². The van der Waals surface area contributed by atoms with Gasteiger partial charge in [0.25, 0.3) is 0 Å². The Bertz CT molecular complexity index is 360. The van der Waals surface area contributed by atoms with Gasteiger partial charge in [-0.25, -0.2) is 0 Å². The first kappa shape index (κ1) is 10.6. The summed E-state index contributed by atoms with van der Waals surface area (Å²) in [6, 6.07) is 2.58. The van der Waals surface area contributed by atoms with E-state index in [1.54, 1.807) is 0 Å². The molecular weight excluding hydrogens is 197 g/mol. The van der Waals surface area contributed by atoms with Crippen molar-refractivity contribution in [2.24, 2.45) is 0 Å². The average molecular weight is 204 g/mol. The van der Waals surface area contributed by atoms with Gasteiger partial charge < -0.3 is 4.42 Å². The number of carbonyl (C=O) groups excluding carboxylic acids is 1. The minimum atomic E-state index is -4.58. The van der Waals surface area contributed by atoms with E-state index in [2.05, 4.69) is 0 Å². The van der Waals surface area contributed by atoms with E-state index in [9.17, 15) is 18.0 Å². The first-order chi connectivity index (χ1) is 6.45. The minimum Gasteiger partial charge on any atom is -0.461 e. The topological polar surface area (TPSA) is 30.2 Å². The number of carbonyl (C=O) groups is 1. The molecule has 0 radical (unpaired) electrons. The highest BCUT2D eigenvalue weighted by Crippen LogP contribution is 2.34. The second-order valence-corrected chi connectivity index (χ2v) is 2.62. The van der Waals surface area contributed by atoms with Crippen molar-refractivity contribution in [1.29, 1.82) is 0 Å². The Kier molecular flexibility index (Phi) is 2.78. The molecule has 1 aromatic rings. The molecule has 1 heterocycles. The van der Waals surface area contributed by atoms with Crippen LogP contribution in [0.3, 0.4) is 0 Å². The molecule has 0 aliphatic heterocycles. The van der Waals surface area contributed by atoms with E-state index in [1.807, 2.05) is 0 Å². The van der Waals surface area contributed by atoms with Crippen molar-refractivity contribution in [3.8, 4) is 0 Å². The highest BCUT2D eigenvalue weighted by molar-refractivity contribution is 5.82. The van der Waals surface area contributed by atoms with Crippen LogP contribution in [0.15, 0.2) is 22.6 Å². The van der Waals surface area contributed by atoms with Crippen molar-refractivity contribution in [3.63, 3.8) is 0 Å². The molecule has 5 heteroatoms. The van der Waals surface area contributed by atoms with Crippen LogP contribution in [0.1, 0.15) is 11.5 Å². The van der Waals surface area contributed by atoms with E-state index in [1.165, 1.54) is 19.1 Å². The highest BCUT2D eigenvalue weighted by atomic mass is 19.4. The summed E-state index contributed by atoms with van der Waals surface area (Å²) in [6.45, 7) is 1.53. The maximum absolute atomic E-state index is 12.3. The van der Waals surface area contributed by atoms with Gasteiger partial charge in [-0.1, -0.05) is 0 Å². The Morgan fingerprint density at radius 1 is 1.43 bits per heavy atom. The zero-order valence-corrected chi connectivity index (χ0v) is 7.26. The number of allylic oxidation sites excluding steroid dienone is 2. The van der Waals surface area contributed by atoms with Gasteiger partial charge in [0.2, 0.25) is 0 Å². The summed E-state index contributed by atoms with van der Waals surface area (Å²) in [5.41, 5.74) is -1.07. The molecule has 0 saturated heterocycles. The number of aryl methyl sites for hydroxylation is 1. The molecule has 14 heavy (non-hydrogen) atoms. The highest BCUT2D eigenvalue weighted by Gasteiger charge is 2.36. The number of aldehydes is 1. The van der Waals surface area contributed by atoms with Crippen molar-refractivity contribution < 1.29 is 22.4 Å². The Morgan fingerprint density at radius 3 is 2.43 bits per heavy atom. The molecule has 0 aliphatic carbocycles. The molecule has 0 atom stereocenters.